The standard InChI is InChI=1S/C22H46N2O2/c1-19(2,16-22(7,8)26-9)17-23-11-10-12-24(14-13-23)21(5,6)15-20(3,4)18-25/h25H,10-18H2,1-9H3. The van der Waals surface area contributed by atoms with Crippen molar-refractivity contribution in [2.24, 2.45) is 10.8 Å². The minimum atomic E-state index is -0.0702. The number of aliphatic hydroxyl groups excluding tert-OH is 1. The highest BCUT2D eigenvalue weighted by Crippen LogP contribution is 2.33. The lowest BCUT2D eigenvalue weighted by atomic mass is 9.79. The lowest BCUT2D eigenvalue weighted by molar-refractivity contribution is -0.0202. The number of rotatable bonds is 9. The van der Waals surface area contributed by atoms with Crippen LogP contribution in [-0.2, 0) is 4.74 Å². The van der Waals surface area contributed by atoms with Crippen LogP contribution in [0.1, 0.15) is 74.7 Å². The van der Waals surface area contributed by atoms with E-state index < -0.39 is 0 Å². The summed E-state index contributed by atoms with van der Waals surface area (Å²) in [5.41, 5.74) is 0.265. The molecule has 1 heterocycles. The van der Waals surface area contributed by atoms with E-state index in [0.29, 0.717) is 0 Å². The molecule has 0 atom stereocenters. The summed E-state index contributed by atoms with van der Waals surface area (Å²) in [6.45, 7) is 24.0. The highest BCUT2D eigenvalue weighted by molar-refractivity contribution is 4.90. The molecule has 0 aromatic rings. The van der Waals surface area contributed by atoms with E-state index in [1.54, 1.807) is 0 Å². The Morgan fingerprint density at radius 1 is 0.808 bits per heavy atom. The minimum absolute atomic E-state index is 0.0246. The summed E-state index contributed by atoms with van der Waals surface area (Å²) in [4.78, 5) is 5.27. The van der Waals surface area contributed by atoms with Crippen LogP contribution in [-0.4, -0.2) is 72.5 Å². The van der Waals surface area contributed by atoms with Crippen molar-refractivity contribution in [2.45, 2.75) is 85.8 Å². The van der Waals surface area contributed by atoms with Gasteiger partial charge in [0.25, 0.3) is 0 Å². The molecule has 1 aliphatic heterocycles. The number of aliphatic hydroxyl groups is 1. The van der Waals surface area contributed by atoms with Gasteiger partial charge in [-0.3, -0.25) is 4.90 Å². The van der Waals surface area contributed by atoms with Crippen LogP contribution in [0.15, 0.2) is 0 Å². The quantitative estimate of drug-likeness (QED) is 0.665. The number of hydrogen-bond donors (Lipinski definition) is 1. The zero-order valence-corrected chi connectivity index (χ0v) is 19.1. The monoisotopic (exact) mass is 370 g/mol. The van der Waals surface area contributed by atoms with Gasteiger partial charge < -0.3 is 14.7 Å². The third kappa shape index (κ3) is 7.84. The molecule has 0 saturated carbocycles. The van der Waals surface area contributed by atoms with Crippen molar-refractivity contribution in [3.05, 3.63) is 0 Å². The summed E-state index contributed by atoms with van der Waals surface area (Å²) in [5.74, 6) is 0. The van der Waals surface area contributed by atoms with Gasteiger partial charge in [0.2, 0.25) is 0 Å². The van der Waals surface area contributed by atoms with E-state index >= 15 is 0 Å². The van der Waals surface area contributed by atoms with E-state index in [1.807, 2.05) is 7.11 Å². The van der Waals surface area contributed by atoms with Gasteiger partial charge >= 0.3 is 0 Å². The van der Waals surface area contributed by atoms with Gasteiger partial charge in [-0.25, -0.2) is 0 Å². The van der Waals surface area contributed by atoms with Crippen molar-refractivity contribution in [3.63, 3.8) is 0 Å². The summed E-state index contributed by atoms with van der Waals surface area (Å²) in [6.07, 6.45) is 3.30. The number of nitrogens with zero attached hydrogens (tertiary/aromatic N) is 2. The van der Waals surface area contributed by atoms with Crippen molar-refractivity contribution in [1.82, 2.24) is 9.80 Å². The molecule has 1 rings (SSSR count). The molecule has 0 aromatic heterocycles. The maximum absolute atomic E-state index is 9.66. The second kappa shape index (κ2) is 8.89. The largest absolute Gasteiger partial charge is 0.396 e. The number of methoxy groups -OCH3 is 1. The topological polar surface area (TPSA) is 35.9 Å². The van der Waals surface area contributed by atoms with Gasteiger partial charge in [0.15, 0.2) is 0 Å². The molecule has 0 aromatic carbocycles. The van der Waals surface area contributed by atoms with Crippen LogP contribution in [0.3, 0.4) is 0 Å². The van der Waals surface area contributed by atoms with Crippen LogP contribution in [0.25, 0.3) is 0 Å². The van der Waals surface area contributed by atoms with Crippen molar-refractivity contribution >= 4 is 0 Å². The predicted octanol–water partition coefficient (Wildman–Crippen LogP) is 4.02. The fraction of sp³-hybridized carbons (Fsp3) is 1.00. The second-order valence-corrected chi connectivity index (χ2v) is 11.2. The zero-order valence-electron chi connectivity index (χ0n) is 19.1. The van der Waals surface area contributed by atoms with Gasteiger partial charge in [-0.1, -0.05) is 27.7 Å². The molecule has 156 valence electrons. The van der Waals surface area contributed by atoms with Crippen molar-refractivity contribution in [3.8, 4) is 0 Å². The highest BCUT2D eigenvalue weighted by atomic mass is 16.5. The fourth-order valence-electron chi connectivity index (χ4n) is 4.96. The molecule has 1 aliphatic rings. The first-order chi connectivity index (χ1) is 11.7. The molecule has 0 radical (unpaired) electrons. The smallest absolute Gasteiger partial charge is 0.0628 e. The Bertz CT molecular complexity index is 430. The lowest BCUT2D eigenvalue weighted by Gasteiger charge is -2.42. The molecule has 0 unspecified atom stereocenters. The summed E-state index contributed by atoms with van der Waals surface area (Å²) < 4.78 is 5.66. The van der Waals surface area contributed by atoms with Gasteiger partial charge in [0.05, 0.1) is 5.60 Å². The van der Waals surface area contributed by atoms with Crippen molar-refractivity contribution in [1.29, 1.82) is 0 Å². The first-order valence-corrected chi connectivity index (χ1v) is 10.4. The molecule has 0 aliphatic carbocycles. The third-order valence-corrected chi connectivity index (χ3v) is 5.89. The van der Waals surface area contributed by atoms with E-state index in [4.69, 9.17) is 4.74 Å². The van der Waals surface area contributed by atoms with Gasteiger partial charge in [-0.2, -0.15) is 0 Å². The normalized spacial score (nSPS) is 19.6. The molecular formula is C22H46N2O2. The van der Waals surface area contributed by atoms with E-state index in [2.05, 4.69) is 65.2 Å². The van der Waals surface area contributed by atoms with E-state index in [-0.39, 0.29) is 28.6 Å². The van der Waals surface area contributed by atoms with Crippen molar-refractivity contribution < 1.29 is 9.84 Å². The fourth-order valence-corrected chi connectivity index (χ4v) is 4.96. The zero-order chi connectivity index (χ0) is 20.2. The maximum Gasteiger partial charge on any atom is 0.0628 e. The molecule has 1 N–H and O–H groups in total. The Morgan fingerprint density at radius 3 is 1.96 bits per heavy atom. The van der Waals surface area contributed by atoms with Crippen LogP contribution >= 0.6 is 0 Å². The second-order valence-electron chi connectivity index (χ2n) is 11.2. The van der Waals surface area contributed by atoms with Crippen molar-refractivity contribution in [2.75, 3.05) is 46.4 Å². The van der Waals surface area contributed by atoms with Gasteiger partial charge in [-0.05, 0) is 70.9 Å². The van der Waals surface area contributed by atoms with E-state index in [0.717, 1.165) is 39.0 Å². The van der Waals surface area contributed by atoms with E-state index in [9.17, 15) is 5.11 Å². The van der Waals surface area contributed by atoms with Crippen LogP contribution < -0.4 is 0 Å². The molecule has 0 spiro atoms. The summed E-state index contributed by atoms with van der Waals surface area (Å²) in [5, 5.41) is 9.66. The Morgan fingerprint density at radius 2 is 1.42 bits per heavy atom. The Labute approximate surface area is 163 Å². The van der Waals surface area contributed by atoms with Crippen LogP contribution in [0.2, 0.25) is 0 Å². The predicted molar refractivity (Wildman–Crippen MR) is 112 cm³/mol. The Balaban J connectivity index is 2.65. The number of hydrogen-bond acceptors (Lipinski definition) is 4. The SMILES string of the molecule is COC(C)(C)CC(C)(C)CN1CCCN(C(C)(C)CC(C)(C)CO)CC1. The Hall–Kier alpha value is -0.160. The highest BCUT2D eigenvalue weighted by Gasteiger charge is 2.35. The molecule has 1 saturated heterocycles. The van der Waals surface area contributed by atoms with Crippen LogP contribution in [0.5, 0.6) is 0 Å². The molecule has 1 fully saturated rings. The minimum Gasteiger partial charge on any atom is -0.396 e. The molecule has 26 heavy (non-hydrogen) atoms. The summed E-state index contributed by atoms with van der Waals surface area (Å²) in [6, 6.07) is 0. The van der Waals surface area contributed by atoms with Gasteiger partial charge in [-0.15, -0.1) is 0 Å². The van der Waals surface area contributed by atoms with Crippen LogP contribution in [0, 0.1) is 10.8 Å². The third-order valence-electron chi connectivity index (χ3n) is 5.89. The maximum atomic E-state index is 9.66. The molecule has 0 amide bonds. The molecule has 0 bridgehead atoms. The first kappa shape index (κ1) is 23.9. The van der Waals surface area contributed by atoms with Crippen LogP contribution in [0.4, 0.5) is 0 Å². The first-order valence-electron chi connectivity index (χ1n) is 10.4. The average molecular weight is 371 g/mol. The molecule has 4 heteroatoms. The molecule has 4 nitrogen and oxygen atoms in total. The van der Waals surface area contributed by atoms with Gasteiger partial charge in [0.1, 0.15) is 0 Å². The van der Waals surface area contributed by atoms with Gasteiger partial charge in [0, 0.05) is 38.9 Å². The Kier molecular flexibility index (Phi) is 8.17. The summed E-state index contributed by atoms with van der Waals surface area (Å²) in [7, 11) is 1.82. The number of ether oxygens (including phenoxy) is 1. The van der Waals surface area contributed by atoms with E-state index in [1.165, 1.54) is 13.0 Å². The molecular weight excluding hydrogens is 324 g/mol. The average Bonchev–Trinajstić information content (AvgIpc) is 2.70. The summed E-state index contributed by atoms with van der Waals surface area (Å²) >= 11 is 0. The lowest BCUT2D eigenvalue weighted by Crippen LogP contribution is -2.49.